The predicted octanol–water partition coefficient (Wildman–Crippen LogP) is 14.5. The maximum Gasteiger partial charge on any atom is 0.217 e. The number of aliphatic imine (C=N–C) groups is 1. The fourth-order valence-electron chi connectivity index (χ4n) is 11.1. The number of fused-ring (bicyclic) bond motifs is 15. The number of hydrogen-bond acceptors (Lipinski definition) is 3. The third kappa shape index (κ3) is 4.69. The normalized spacial score (nSPS) is 14.1. The molecule has 0 aliphatic heterocycles. The van der Waals surface area contributed by atoms with Gasteiger partial charge in [0.25, 0.3) is 0 Å². The number of nitrogen functional groups attached to an aromatic ring is 1. The summed E-state index contributed by atoms with van der Waals surface area (Å²) < 4.78 is 8.51. The molecule has 2 N–H and O–H groups in total. The van der Waals surface area contributed by atoms with Crippen LogP contribution in [0.25, 0.3) is 71.5 Å². The summed E-state index contributed by atoms with van der Waals surface area (Å²) in [4.78, 5) is 5.55. The van der Waals surface area contributed by atoms with E-state index < -0.39 is 5.41 Å². The SMILES string of the molecule is CC(C(=Nc1c(N)oc2ccccc12)c1ccc(-n2c3ccccc3c3cc4ccccc4cc32)cc1)c1cccc2c1-c1ccccc1C21c2ccccc2-c2ccccc21. The summed E-state index contributed by atoms with van der Waals surface area (Å²) in [6.07, 6.45) is 0. The van der Waals surface area contributed by atoms with Crippen LogP contribution < -0.4 is 5.73 Å². The van der Waals surface area contributed by atoms with Crippen molar-refractivity contribution in [1.82, 2.24) is 4.57 Å². The number of nitrogens with zero attached hydrogens (tertiary/aromatic N) is 2. The van der Waals surface area contributed by atoms with Crippen molar-refractivity contribution < 1.29 is 4.42 Å². The number of nitrogens with two attached hydrogens (primary N) is 1. The van der Waals surface area contributed by atoms with Crippen molar-refractivity contribution in [3.05, 3.63) is 234 Å². The highest BCUT2D eigenvalue weighted by molar-refractivity contribution is 6.14. The molecule has 0 fully saturated rings. The Balaban J connectivity index is 1.02. The lowest BCUT2D eigenvalue weighted by Crippen LogP contribution is -2.26. The predicted molar refractivity (Wildman–Crippen MR) is 256 cm³/mol. The Morgan fingerprint density at radius 1 is 0.532 bits per heavy atom. The monoisotopic (exact) mass is 793 g/mol. The van der Waals surface area contributed by atoms with Crippen molar-refractivity contribution in [2.45, 2.75) is 18.3 Å². The highest BCUT2D eigenvalue weighted by Crippen LogP contribution is 2.63. The zero-order chi connectivity index (χ0) is 41.1. The van der Waals surface area contributed by atoms with E-state index >= 15 is 0 Å². The number of benzene rings is 9. The van der Waals surface area contributed by atoms with Crippen LogP contribution in [0.3, 0.4) is 0 Å². The minimum absolute atomic E-state index is 0.140. The van der Waals surface area contributed by atoms with Crippen molar-refractivity contribution >= 4 is 60.8 Å². The van der Waals surface area contributed by atoms with Gasteiger partial charge in [-0.1, -0.05) is 165 Å². The van der Waals surface area contributed by atoms with Crippen LogP contribution in [0.4, 0.5) is 11.6 Å². The molecule has 2 heterocycles. The van der Waals surface area contributed by atoms with Crippen molar-refractivity contribution in [2.75, 3.05) is 5.73 Å². The highest BCUT2D eigenvalue weighted by Gasteiger charge is 2.52. The molecular weight excluding hydrogens is 755 g/mol. The molecule has 1 atom stereocenters. The van der Waals surface area contributed by atoms with Gasteiger partial charge in [-0.05, 0) is 109 Å². The Bertz CT molecular complexity index is 3630. The largest absolute Gasteiger partial charge is 0.439 e. The van der Waals surface area contributed by atoms with Crippen LogP contribution >= 0.6 is 0 Å². The van der Waals surface area contributed by atoms with Gasteiger partial charge in [0.15, 0.2) is 0 Å². The van der Waals surface area contributed by atoms with Gasteiger partial charge in [0.2, 0.25) is 5.88 Å². The molecule has 62 heavy (non-hydrogen) atoms. The number of hydrogen-bond donors (Lipinski definition) is 1. The summed E-state index contributed by atoms with van der Waals surface area (Å²) in [6, 6.07) is 72.7. The van der Waals surface area contributed by atoms with Gasteiger partial charge in [-0.3, -0.25) is 0 Å². The molecule has 1 spiro atoms. The van der Waals surface area contributed by atoms with E-state index in [-0.39, 0.29) is 5.92 Å². The quantitative estimate of drug-likeness (QED) is 0.176. The maximum atomic E-state index is 6.70. The van der Waals surface area contributed by atoms with Crippen molar-refractivity contribution in [1.29, 1.82) is 0 Å². The first-order valence-electron chi connectivity index (χ1n) is 21.4. The van der Waals surface area contributed by atoms with E-state index in [1.54, 1.807) is 0 Å². The molecule has 0 bridgehead atoms. The molecule has 2 aliphatic carbocycles. The lowest BCUT2D eigenvalue weighted by atomic mass is 9.70. The number of aromatic nitrogens is 1. The third-order valence-corrected chi connectivity index (χ3v) is 13.7. The smallest absolute Gasteiger partial charge is 0.217 e. The Morgan fingerprint density at radius 2 is 1.11 bits per heavy atom. The zero-order valence-electron chi connectivity index (χ0n) is 34.0. The van der Waals surface area contributed by atoms with Crippen LogP contribution in [-0.2, 0) is 5.41 Å². The van der Waals surface area contributed by atoms with Crippen LogP contribution in [0.15, 0.2) is 210 Å². The molecule has 9 aromatic carbocycles. The molecule has 0 amide bonds. The summed E-state index contributed by atoms with van der Waals surface area (Å²) in [7, 11) is 0. The van der Waals surface area contributed by atoms with E-state index in [4.69, 9.17) is 15.1 Å². The average molecular weight is 794 g/mol. The van der Waals surface area contributed by atoms with Crippen LogP contribution in [0.5, 0.6) is 0 Å². The molecule has 13 rings (SSSR count). The Morgan fingerprint density at radius 3 is 1.85 bits per heavy atom. The van der Waals surface area contributed by atoms with Crippen LogP contribution in [-0.4, -0.2) is 10.3 Å². The molecule has 0 saturated carbocycles. The van der Waals surface area contributed by atoms with Gasteiger partial charge in [0, 0.05) is 27.8 Å². The molecule has 11 aromatic rings. The standard InChI is InChI=1S/C58H39N3O/c1-35(40-22-14-26-50-54(40)44-20-6-11-25-49(44)58(50)47-23-9-4-17-41(47)42-18-5-10-24-48(42)58)55(60-56-45-21-8-13-28-53(45)62-57(56)59)36-29-31-39(32-30-36)61-51-27-12-7-19-43(51)46-33-37-15-2-3-16-38(37)34-52(46)61/h2-35H,59H2,1H3. The van der Waals surface area contributed by atoms with Crippen LogP contribution in [0.1, 0.15) is 46.2 Å². The van der Waals surface area contributed by atoms with Gasteiger partial charge in [-0.2, -0.15) is 0 Å². The van der Waals surface area contributed by atoms with E-state index in [0.29, 0.717) is 11.6 Å². The van der Waals surface area contributed by atoms with Gasteiger partial charge >= 0.3 is 0 Å². The van der Waals surface area contributed by atoms with Gasteiger partial charge in [-0.15, -0.1) is 0 Å². The molecule has 2 aliphatic rings. The first-order chi connectivity index (χ1) is 30.6. The van der Waals surface area contributed by atoms with Gasteiger partial charge in [-0.25, -0.2) is 4.99 Å². The van der Waals surface area contributed by atoms with E-state index in [2.05, 4.69) is 187 Å². The van der Waals surface area contributed by atoms with Crippen molar-refractivity contribution in [2.24, 2.45) is 4.99 Å². The molecule has 4 nitrogen and oxygen atoms in total. The van der Waals surface area contributed by atoms with Gasteiger partial charge < -0.3 is 14.7 Å². The number of anilines is 1. The molecule has 292 valence electrons. The summed E-state index contributed by atoms with van der Waals surface area (Å²) in [5.74, 6) is 0.172. The summed E-state index contributed by atoms with van der Waals surface area (Å²) in [5, 5.41) is 5.83. The van der Waals surface area contributed by atoms with E-state index in [0.717, 1.165) is 27.9 Å². The molecular formula is C58H39N3O. The molecule has 4 heteroatoms. The first kappa shape index (κ1) is 34.9. The lowest BCUT2D eigenvalue weighted by Gasteiger charge is -2.30. The van der Waals surface area contributed by atoms with Crippen molar-refractivity contribution in [3.8, 4) is 27.9 Å². The maximum absolute atomic E-state index is 6.70. The van der Waals surface area contributed by atoms with Crippen molar-refractivity contribution in [3.63, 3.8) is 0 Å². The molecule has 0 saturated heterocycles. The average Bonchev–Trinajstić information content (AvgIpc) is 4.02. The fraction of sp³-hybridized carbons (Fsp3) is 0.0517. The van der Waals surface area contributed by atoms with E-state index in [1.807, 2.05) is 24.3 Å². The summed E-state index contributed by atoms with van der Waals surface area (Å²) in [5.41, 5.74) is 24.7. The van der Waals surface area contributed by atoms with E-state index in [1.165, 1.54) is 82.6 Å². The Labute approximate surface area is 358 Å². The summed E-state index contributed by atoms with van der Waals surface area (Å²) >= 11 is 0. The first-order valence-corrected chi connectivity index (χ1v) is 21.4. The van der Waals surface area contributed by atoms with Crippen LogP contribution in [0.2, 0.25) is 0 Å². The fourth-order valence-corrected chi connectivity index (χ4v) is 11.1. The minimum Gasteiger partial charge on any atom is -0.439 e. The summed E-state index contributed by atoms with van der Waals surface area (Å²) in [6.45, 7) is 2.29. The molecule has 1 unspecified atom stereocenters. The van der Waals surface area contributed by atoms with E-state index in [9.17, 15) is 0 Å². The third-order valence-electron chi connectivity index (χ3n) is 13.7. The second-order valence-corrected chi connectivity index (χ2v) is 16.8. The number of rotatable bonds is 5. The van der Waals surface area contributed by atoms with Gasteiger partial charge in [0.05, 0.1) is 22.2 Å². The number of para-hydroxylation sites is 2. The Hall–Kier alpha value is -7.95. The molecule has 2 aromatic heterocycles. The highest BCUT2D eigenvalue weighted by atomic mass is 16.3. The Kier molecular flexibility index (Phi) is 7.32. The topological polar surface area (TPSA) is 56.4 Å². The van der Waals surface area contributed by atoms with Gasteiger partial charge in [0.1, 0.15) is 11.3 Å². The molecule has 0 radical (unpaired) electrons. The second kappa shape index (κ2) is 13.0. The second-order valence-electron chi connectivity index (χ2n) is 16.8. The van der Waals surface area contributed by atoms with Crippen LogP contribution in [0, 0.1) is 0 Å². The number of furan rings is 1. The zero-order valence-corrected chi connectivity index (χ0v) is 34.0. The lowest BCUT2D eigenvalue weighted by molar-refractivity contribution is 0.638. The minimum atomic E-state index is -0.438.